The molecule has 2 amide bonds. The number of rotatable bonds is 2. The van der Waals surface area contributed by atoms with E-state index in [9.17, 15) is 9.18 Å². The molecule has 5 rings (SSSR count). The third kappa shape index (κ3) is 3.21. The van der Waals surface area contributed by atoms with Gasteiger partial charge in [-0.1, -0.05) is 24.3 Å². The van der Waals surface area contributed by atoms with Gasteiger partial charge in [0.1, 0.15) is 11.9 Å². The maximum absolute atomic E-state index is 13.4. The SMILES string of the molecule is O=C(Nc1ccc(F)cc1)N1Cc2ccccc2-n2cccc2[C@@H]1c1cccs1. The smallest absolute Gasteiger partial charge is 0.318 e. The lowest BCUT2D eigenvalue weighted by Crippen LogP contribution is -2.37. The minimum atomic E-state index is -0.332. The molecular weight excluding hydrogens is 385 g/mol. The van der Waals surface area contributed by atoms with Crippen molar-refractivity contribution in [1.29, 1.82) is 0 Å². The molecule has 2 aromatic carbocycles. The molecular formula is C23H18FN3OS. The maximum atomic E-state index is 13.4. The molecule has 0 bridgehead atoms. The van der Waals surface area contributed by atoms with Crippen molar-refractivity contribution >= 4 is 23.1 Å². The summed E-state index contributed by atoms with van der Waals surface area (Å²) in [5, 5.41) is 4.95. The number of carbonyl (C=O) groups excluding carboxylic acids is 1. The van der Waals surface area contributed by atoms with E-state index in [-0.39, 0.29) is 17.9 Å². The number of aromatic nitrogens is 1. The molecule has 4 nitrogen and oxygen atoms in total. The molecule has 29 heavy (non-hydrogen) atoms. The predicted octanol–water partition coefficient (Wildman–Crippen LogP) is 5.82. The van der Waals surface area contributed by atoms with E-state index in [0.717, 1.165) is 21.8 Å². The van der Waals surface area contributed by atoms with Gasteiger partial charge in [-0.3, -0.25) is 0 Å². The number of para-hydroxylation sites is 1. The fourth-order valence-corrected chi connectivity index (χ4v) is 4.66. The summed E-state index contributed by atoms with van der Waals surface area (Å²) >= 11 is 1.63. The quantitative estimate of drug-likeness (QED) is 0.450. The normalized spacial score (nSPS) is 15.3. The Labute approximate surface area is 171 Å². The van der Waals surface area contributed by atoms with Gasteiger partial charge in [0.25, 0.3) is 0 Å². The first-order valence-corrected chi connectivity index (χ1v) is 10.2. The Morgan fingerprint density at radius 1 is 1.00 bits per heavy atom. The molecule has 1 atom stereocenters. The van der Waals surface area contributed by atoms with Crippen molar-refractivity contribution in [3.05, 3.63) is 106 Å². The molecule has 0 fully saturated rings. The lowest BCUT2D eigenvalue weighted by molar-refractivity contribution is 0.195. The fraction of sp³-hybridized carbons (Fsp3) is 0.0870. The van der Waals surface area contributed by atoms with Crippen molar-refractivity contribution < 1.29 is 9.18 Å². The average molecular weight is 403 g/mol. The van der Waals surface area contributed by atoms with Crippen LogP contribution in [0.4, 0.5) is 14.9 Å². The summed E-state index contributed by atoms with van der Waals surface area (Å²) < 4.78 is 15.4. The van der Waals surface area contributed by atoms with Gasteiger partial charge in [0.05, 0.1) is 17.9 Å². The van der Waals surface area contributed by atoms with Crippen molar-refractivity contribution in [2.24, 2.45) is 0 Å². The van der Waals surface area contributed by atoms with Crippen molar-refractivity contribution in [2.45, 2.75) is 12.6 Å². The third-order valence-corrected chi connectivity index (χ3v) is 6.06. The largest absolute Gasteiger partial charge is 0.323 e. The summed E-state index contributed by atoms with van der Waals surface area (Å²) in [6.07, 6.45) is 2.04. The fourth-order valence-electron chi connectivity index (χ4n) is 3.81. The summed E-state index contributed by atoms with van der Waals surface area (Å²) in [7, 11) is 0. The first-order chi connectivity index (χ1) is 14.2. The van der Waals surface area contributed by atoms with Crippen LogP contribution in [0.1, 0.15) is 22.2 Å². The Morgan fingerprint density at radius 3 is 2.62 bits per heavy atom. The van der Waals surface area contributed by atoms with Crippen molar-refractivity contribution in [3.63, 3.8) is 0 Å². The second-order valence-corrected chi connectivity index (χ2v) is 7.89. The monoisotopic (exact) mass is 403 g/mol. The minimum absolute atomic E-state index is 0.223. The minimum Gasteiger partial charge on any atom is -0.318 e. The van der Waals surface area contributed by atoms with E-state index in [4.69, 9.17) is 0 Å². The van der Waals surface area contributed by atoms with E-state index in [0.29, 0.717) is 12.2 Å². The van der Waals surface area contributed by atoms with Crippen LogP contribution in [-0.2, 0) is 6.54 Å². The van der Waals surface area contributed by atoms with Gasteiger partial charge in [-0.05, 0) is 59.5 Å². The highest BCUT2D eigenvalue weighted by Gasteiger charge is 2.33. The van der Waals surface area contributed by atoms with Gasteiger partial charge in [-0.2, -0.15) is 0 Å². The van der Waals surface area contributed by atoms with Gasteiger partial charge < -0.3 is 14.8 Å². The van der Waals surface area contributed by atoms with E-state index in [2.05, 4.69) is 28.1 Å². The van der Waals surface area contributed by atoms with Crippen molar-refractivity contribution in [3.8, 4) is 5.69 Å². The molecule has 1 N–H and O–H groups in total. The Hall–Kier alpha value is -3.38. The number of hydrogen-bond acceptors (Lipinski definition) is 2. The molecule has 6 heteroatoms. The van der Waals surface area contributed by atoms with Gasteiger partial charge in [-0.25, -0.2) is 9.18 Å². The number of nitrogens with one attached hydrogen (secondary N) is 1. The first-order valence-electron chi connectivity index (χ1n) is 9.33. The van der Waals surface area contributed by atoms with Crippen LogP contribution in [0.15, 0.2) is 84.4 Å². The summed E-state index contributed by atoms with van der Waals surface area (Å²) in [6, 6.07) is 21.6. The highest BCUT2D eigenvalue weighted by molar-refractivity contribution is 7.10. The molecule has 0 saturated heterocycles. The van der Waals surface area contributed by atoms with Crippen molar-refractivity contribution in [1.82, 2.24) is 9.47 Å². The molecule has 0 saturated carbocycles. The van der Waals surface area contributed by atoms with Gasteiger partial charge >= 0.3 is 6.03 Å². The number of thiophene rings is 1. The molecule has 0 radical (unpaired) electrons. The Morgan fingerprint density at radius 2 is 1.83 bits per heavy atom. The van der Waals surface area contributed by atoms with Gasteiger partial charge in [-0.15, -0.1) is 11.3 Å². The number of halogens is 1. The number of nitrogens with zero attached hydrogens (tertiary/aromatic N) is 2. The number of urea groups is 1. The summed E-state index contributed by atoms with van der Waals surface area (Å²) in [5.74, 6) is -0.332. The topological polar surface area (TPSA) is 37.3 Å². The van der Waals surface area contributed by atoms with Crippen LogP contribution in [0.25, 0.3) is 5.69 Å². The molecule has 1 aliphatic rings. The standard InChI is InChI=1S/C23H18FN3OS/c24-17-9-11-18(12-10-17)25-23(28)27-15-16-5-1-2-6-19(16)26-13-3-7-20(26)22(27)21-8-4-14-29-21/h1-14,22H,15H2,(H,25,28)/t22-/m1/s1. The summed E-state index contributed by atoms with van der Waals surface area (Å²) in [6.45, 7) is 0.466. The van der Waals surface area contributed by atoms with Crippen LogP contribution in [0.3, 0.4) is 0 Å². The Kier molecular flexibility index (Phi) is 4.41. The zero-order chi connectivity index (χ0) is 19.8. The Balaban J connectivity index is 1.60. The average Bonchev–Trinajstić information content (AvgIpc) is 3.41. The van der Waals surface area contributed by atoms with E-state index >= 15 is 0 Å². The van der Waals surface area contributed by atoms with Gasteiger partial charge in [0.2, 0.25) is 0 Å². The second kappa shape index (κ2) is 7.22. The van der Waals surface area contributed by atoms with Crippen LogP contribution < -0.4 is 5.32 Å². The van der Waals surface area contributed by atoms with Crippen LogP contribution in [-0.4, -0.2) is 15.5 Å². The third-order valence-electron chi connectivity index (χ3n) is 5.13. The number of benzene rings is 2. The van der Waals surface area contributed by atoms with Gasteiger partial charge in [0.15, 0.2) is 0 Å². The van der Waals surface area contributed by atoms with E-state index in [1.165, 1.54) is 12.1 Å². The van der Waals surface area contributed by atoms with Gasteiger partial charge in [0, 0.05) is 16.8 Å². The van der Waals surface area contributed by atoms with Crippen LogP contribution in [0.2, 0.25) is 0 Å². The first kappa shape index (κ1) is 17.7. The molecule has 2 aromatic heterocycles. The molecule has 0 unspecified atom stereocenters. The molecule has 144 valence electrons. The van der Waals surface area contributed by atoms with E-state index in [1.54, 1.807) is 23.5 Å². The summed E-state index contributed by atoms with van der Waals surface area (Å²) in [4.78, 5) is 16.3. The number of carbonyl (C=O) groups is 1. The summed E-state index contributed by atoms with van der Waals surface area (Å²) in [5.41, 5.74) is 3.74. The van der Waals surface area contributed by atoms with E-state index in [1.807, 2.05) is 46.8 Å². The number of amides is 2. The number of hydrogen-bond donors (Lipinski definition) is 1. The molecule has 0 spiro atoms. The lowest BCUT2D eigenvalue weighted by Gasteiger charge is -2.30. The van der Waals surface area contributed by atoms with Crippen LogP contribution in [0.5, 0.6) is 0 Å². The predicted molar refractivity (Wildman–Crippen MR) is 113 cm³/mol. The zero-order valence-corrected chi connectivity index (χ0v) is 16.3. The van der Waals surface area contributed by atoms with Crippen molar-refractivity contribution in [2.75, 3.05) is 5.32 Å². The molecule has 0 aliphatic carbocycles. The maximum Gasteiger partial charge on any atom is 0.323 e. The van der Waals surface area contributed by atoms with Crippen LogP contribution in [0, 0.1) is 5.82 Å². The van der Waals surface area contributed by atoms with Crippen LogP contribution >= 0.6 is 11.3 Å². The van der Waals surface area contributed by atoms with E-state index < -0.39 is 0 Å². The zero-order valence-electron chi connectivity index (χ0n) is 15.5. The lowest BCUT2D eigenvalue weighted by atomic mass is 10.1. The highest BCUT2D eigenvalue weighted by Crippen LogP contribution is 2.38. The number of fused-ring (bicyclic) bond motifs is 3. The second-order valence-electron chi connectivity index (χ2n) is 6.91. The molecule has 4 aromatic rings. The highest BCUT2D eigenvalue weighted by atomic mass is 32.1. The molecule has 3 heterocycles. The number of anilines is 1. The molecule has 1 aliphatic heterocycles. The Bertz CT molecular complexity index is 1150.